The Morgan fingerprint density at radius 2 is 1.36 bits per heavy atom. The van der Waals surface area contributed by atoms with Gasteiger partial charge in [0, 0.05) is 11.0 Å². The number of nitrogens with zero attached hydrogens (tertiary/aromatic N) is 1. The van der Waals surface area contributed by atoms with Gasteiger partial charge >= 0.3 is 6.18 Å². The van der Waals surface area contributed by atoms with E-state index in [1.807, 2.05) is 42.5 Å². The molecular formula is C27H28F3NOSi. The zero-order valence-electron chi connectivity index (χ0n) is 19.2. The summed E-state index contributed by atoms with van der Waals surface area (Å²) in [7, 11) is -2.62. The van der Waals surface area contributed by atoms with Gasteiger partial charge in [0.05, 0.1) is 11.1 Å². The summed E-state index contributed by atoms with van der Waals surface area (Å²) in [5, 5.41) is 14.0. The van der Waals surface area contributed by atoms with Gasteiger partial charge in [0.25, 0.3) is 0 Å². The van der Waals surface area contributed by atoms with Gasteiger partial charge in [-0.1, -0.05) is 64.1 Å². The molecule has 4 aromatic rings. The number of rotatable bonds is 5. The van der Waals surface area contributed by atoms with Crippen molar-refractivity contribution in [2.45, 2.75) is 45.0 Å². The molecule has 1 N–H and O–H groups in total. The van der Waals surface area contributed by atoms with E-state index in [0.29, 0.717) is 5.69 Å². The Morgan fingerprint density at radius 1 is 0.788 bits per heavy atom. The molecule has 0 saturated heterocycles. The number of phenols is 1. The maximum Gasteiger partial charge on any atom is 0.416 e. The lowest BCUT2D eigenvalue weighted by atomic mass is 10.2. The highest BCUT2D eigenvalue weighted by atomic mass is 28.3. The van der Waals surface area contributed by atoms with E-state index >= 15 is 0 Å². The van der Waals surface area contributed by atoms with Crippen LogP contribution in [0.4, 0.5) is 13.2 Å². The molecule has 0 aliphatic heterocycles. The van der Waals surface area contributed by atoms with Crippen LogP contribution in [0.1, 0.15) is 33.3 Å². The van der Waals surface area contributed by atoms with Gasteiger partial charge in [0.2, 0.25) is 0 Å². The molecule has 0 radical (unpaired) electrons. The standard InChI is InChI=1S/C27H28F3NOSi/c1-18(2)33(19(3)4,25-12-8-7-11-24(25)32)26-17-20-9-5-6-10-23(20)31(26)22-15-13-21(14-16-22)27(28,29)30/h5-19,32H,1-4H3. The van der Waals surface area contributed by atoms with Gasteiger partial charge in [0.1, 0.15) is 13.8 Å². The number of hydrogen-bond donors (Lipinski definition) is 1. The van der Waals surface area contributed by atoms with Crippen molar-refractivity contribution in [2.24, 2.45) is 0 Å². The summed E-state index contributed by atoms with van der Waals surface area (Å²) in [4.78, 5) is 0. The van der Waals surface area contributed by atoms with Crippen molar-refractivity contribution in [2.75, 3.05) is 0 Å². The van der Waals surface area contributed by atoms with Crippen LogP contribution in [0.2, 0.25) is 11.1 Å². The van der Waals surface area contributed by atoms with Crippen LogP contribution in [0.5, 0.6) is 5.75 Å². The van der Waals surface area contributed by atoms with Gasteiger partial charge in [-0.2, -0.15) is 13.2 Å². The fourth-order valence-corrected chi connectivity index (χ4v) is 11.3. The van der Waals surface area contributed by atoms with E-state index in [1.165, 1.54) is 0 Å². The number of alkyl halides is 3. The number of fused-ring (bicyclic) bond motifs is 1. The summed E-state index contributed by atoms with van der Waals surface area (Å²) in [5.74, 6) is 0.274. The van der Waals surface area contributed by atoms with Gasteiger partial charge in [-0.05, 0) is 64.1 Å². The van der Waals surface area contributed by atoms with E-state index in [-0.39, 0.29) is 16.8 Å². The van der Waals surface area contributed by atoms with Crippen molar-refractivity contribution < 1.29 is 18.3 Å². The highest BCUT2D eigenvalue weighted by Crippen LogP contribution is 2.37. The molecule has 0 amide bonds. The lowest BCUT2D eigenvalue weighted by molar-refractivity contribution is -0.137. The summed E-state index contributed by atoms with van der Waals surface area (Å²) in [5.41, 5.74) is 1.42. The predicted molar refractivity (Wildman–Crippen MR) is 132 cm³/mol. The molecule has 6 heteroatoms. The first-order chi connectivity index (χ1) is 15.6. The van der Waals surface area contributed by atoms with Crippen LogP contribution in [0, 0.1) is 0 Å². The number of benzene rings is 3. The summed E-state index contributed by atoms with van der Waals surface area (Å²) in [6.45, 7) is 8.75. The van der Waals surface area contributed by atoms with E-state index in [9.17, 15) is 18.3 Å². The fourth-order valence-electron chi connectivity index (χ4n) is 5.38. The van der Waals surface area contributed by atoms with E-state index in [2.05, 4.69) is 38.3 Å². The first kappa shape index (κ1) is 23.2. The minimum Gasteiger partial charge on any atom is -0.508 e. The molecule has 0 aliphatic rings. The average Bonchev–Trinajstić information content (AvgIpc) is 3.14. The third-order valence-electron chi connectivity index (χ3n) is 6.76. The van der Waals surface area contributed by atoms with Crippen LogP contribution >= 0.6 is 0 Å². The normalized spacial score (nSPS) is 12.8. The Labute approximate surface area is 193 Å². The van der Waals surface area contributed by atoms with Gasteiger partial charge < -0.3 is 9.67 Å². The van der Waals surface area contributed by atoms with Crippen LogP contribution in [-0.4, -0.2) is 17.7 Å². The molecule has 0 aliphatic carbocycles. The van der Waals surface area contributed by atoms with Crippen LogP contribution < -0.4 is 10.5 Å². The maximum absolute atomic E-state index is 13.2. The highest BCUT2D eigenvalue weighted by molar-refractivity contribution is 7.04. The first-order valence-electron chi connectivity index (χ1n) is 11.2. The number of halogens is 3. The molecule has 0 saturated carbocycles. The second kappa shape index (κ2) is 8.41. The molecule has 172 valence electrons. The Kier molecular flexibility index (Phi) is 5.91. The van der Waals surface area contributed by atoms with Crippen molar-refractivity contribution in [3.05, 3.63) is 84.4 Å². The summed E-state index contributed by atoms with van der Waals surface area (Å²) < 4.78 is 41.8. The first-order valence-corrected chi connectivity index (χ1v) is 13.3. The monoisotopic (exact) mass is 467 g/mol. The van der Waals surface area contributed by atoms with Gasteiger partial charge in [-0.15, -0.1) is 0 Å². The highest BCUT2D eigenvalue weighted by Gasteiger charge is 2.47. The summed E-state index contributed by atoms with van der Waals surface area (Å²) in [6, 6.07) is 23.0. The third-order valence-corrected chi connectivity index (χ3v) is 12.9. The molecule has 4 rings (SSSR count). The minimum absolute atomic E-state index is 0.225. The third kappa shape index (κ3) is 3.76. The summed E-state index contributed by atoms with van der Waals surface area (Å²) >= 11 is 0. The molecule has 0 spiro atoms. The molecule has 1 heterocycles. The molecule has 33 heavy (non-hydrogen) atoms. The van der Waals surface area contributed by atoms with E-state index in [1.54, 1.807) is 18.2 Å². The SMILES string of the molecule is CC(C)[Si](c1ccccc1O)(c1cc2ccccc2n1-c1ccc(C(F)(F)F)cc1)C(C)C. The Balaban J connectivity index is 2.09. The molecule has 0 bridgehead atoms. The molecule has 2 nitrogen and oxygen atoms in total. The van der Waals surface area contributed by atoms with Crippen LogP contribution in [-0.2, 0) is 6.18 Å². The van der Waals surface area contributed by atoms with Crippen molar-refractivity contribution in [3.63, 3.8) is 0 Å². The van der Waals surface area contributed by atoms with Gasteiger partial charge in [-0.3, -0.25) is 0 Å². The number of aromatic nitrogens is 1. The van der Waals surface area contributed by atoms with Gasteiger partial charge in [-0.25, -0.2) is 0 Å². The van der Waals surface area contributed by atoms with Crippen molar-refractivity contribution in [3.8, 4) is 11.4 Å². The zero-order valence-corrected chi connectivity index (χ0v) is 20.2. The largest absolute Gasteiger partial charge is 0.508 e. The summed E-state index contributed by atoms with van der Waals surface area (Å²) in [6.07, 6.45) is -4.38. The molecule has 3 aromatic carbocycles. The number of phenolic OH excluding ortho intramolecular Hbond substituents is 1. The molecule has 1 aromatic heterocycles. The number of para-hydroxylation sites is 2. The molecule has 0 fully saturated rings. The number of hydrogen-bond acceptors (Lipinski definition) is 1. The topological polar surface area (TPSA) is 25.2 Å². The van der Waals surface area contributed by atoms with Gasteiger partial charge in [0.15, 0.2) is 0 Å². The van der Waals surface area contributed by atoms with E-state index in [4.69, 9.17) is 0 Å². The predicted octanol–water partition coefficient (Wildman–Crippen LogP) is 6.74. The van der Waals surface area contributed by atoms with Crippen molar-refractivity contribution in [1.82, 2.24) is 4.57 Å². The van der Waals surface area contributed by atoms with Crippen LogP contribution in [0.3, 0.4) is 0 Å². The smallest absolute Gasteiger partial charge is 0.416 e. The lowest BCUT2D eigenvalue weighted by Gasteiger charge is -2.41. The second-order valence-corrected chi connectivity index (χ2v) is 14.3. The zero-order chi connectivity index (χ0) is 24.0. The van der Waals surface area contributed by atoms with Crippen LogP contribution in [0.15, 0.2) is 78.9 Å². The Bertz CT molecular complexity index is 1260. The van der Waals surface area contributed by atoms with Crippen LogP contribution in [0.25, 0.3) is 16.6 Å². The lowest BCUT2D eigenvalue weighted by Crippen LogP contribution is -2.64. The Morgan fingerprint density at radius 3 is 1.94 bits per heavy atom. The van der Waals surface area contributed by atoms with E-state index in [0.717, 1.165) is 33.5 Å². The molecular weight excluding hydrogens is 439 g/mol. The van der Waals surface area contributed by atoms with Crippen molar-refractivity contribution >= 4 is 29.5 Å². The fraction of sp³-hybridized carbons (Fsp3) is 0.259. The second-order valence-electron chi connectivity index (χ2n) is 9.16. The van der Waals surface area contributed by atoms with E-state index < -0.39 is 19.8 Å². The maximum atomic E-state index is 13.2. The molecule has 0 atom stereocenters. The number of aromatic hydroxyl groups is 1. The Hall–Kier alpha value is -2.99. The molecule has 0 unspecified atom stereocenters. The average molecular weight is 468 g/mol. The quantitative estimate of drug-likeness (QED) is 0.323. The van der Waals surface area contributed by atoms with Crippen molar-refractivity contribution in [1.29, 1.82) is 0 Å². The minimum atomic E-state index is -4.38.